The summed E-state index contributed by atoms with van der Waals surface area (Å²) in [4.78, 5) is 27.2. The molecule has 0 atom stereocenters. The van der Waals surface area contributed by atoms with Crippen LogP contribution in [0.25, 0.3) is 27.1 Å². The number of pyridine rings is 2. The van der Waals surface area contributed by atoms with E-state index in [0.29, 0.717) is 28.1 Å². The summed E-state index contributed by atoms with van der Waals surface area (Å²) in [7, 11) is 0. The molecule has 0 aliphatic heterocycles. The number of aryl methyl sites for hydroxylation is 1. The van der Waals surface area contributed by atoms with Crippen molar-refractivity contribution >= 4 is 43.6 Å². The Balaban J connectivity index is 1.48. The fourth-order valence-electron chi connectivity index (χ4n) is 3.80. The molecule has 31 heavy (non-hydrogen) atoms. The zero-order valence-corrected chi connectivity index (χ0v) is 17.6. The lowest BCUT2D eigenvalue weighted by Crippen LogP contribution is -2.13. The van der Waals surface area contributed by atoms with Crippen LogP contribution in [-0.2, 0) is 0 Å². The highest BCUT2D eigenvalue weighted by Crippen LogP contribution is 2.41. The Kier molecular flexibility index (Phi) is 4.07. The van der Waals surface area contributed by atoms with E-state index < -0.39 is 0 Å². The molecule has 1 aliphatic carbocycles. The molecule has 5 aromatic rings. The van der Waals surface area contributed by atoms with Crippen molar-refractivity contribution in [2.45, 2.75) is 25.7 Å². The maximum absolute atomic E-state index is 13.4. The second-order valence-corrected chi connectivity index (χ2v) is 8.72. The minimum Gasteiger partial charge on any atom is -0.298 e. The molecular weight excluding hydrogens is 408 g/mol. The number of hydrogen-bond acceptors (Lipinski definition) is 6. The van der Waals surface area contributed by atoms with Crippen LogP contribution in [0.5, 0.6) is 0 Å². The van der Waals surface area contributed by atoms with Gasteiger partial charge in [0.05, 0.1) is 26.9 Å². The first kappa shape index (κ1) is 18.1. The molecule has 1 aromatic carbocycles. The number of benzene rings is 1. The average molecular weight is 427 g/mol. The molecule has 0 saturated heterocycles. The molecule has 8 heteroatoms. The Labute approximate surface area is 181 Å². The van der Waals surface area contributed by atoms with Crippen molar-refractivity contribution in [2.75, 3.05) is 5.32 Å². The van der Waals surface area contributed by atoms with Crippen LogP contribution < -0.4 is 5.32 Å². The summed E-state index contributed by atoms with van der Waals surface area (Å²) in [5.74, 6) is 0.876. The van der Waals surface area contributed by atoms with Gasteiger partial charge in [-0.2, -0.15) is 9.78 Å². The van der Waals surface area contributed by atoms with Gasteiger partial charge in [0.1, 0.15) is 0 Å². The maximum Gasteiger partial charge on any atom is 0.258 e. The van der Waals surface area contributed by atoms with Crippen LogP contribution in [0.3, 0.4) is 0 Å². The molecule has 4 heterocycles. The number of carbonyl (C=O) groups excluding carboxylic acids is 1. The Morgan fingerprint density at radius 3 is 2.74 bits per heavy atom. The first-order valence-corrected chi connectivity index (χ1v) is 11.0. The van der Waals surface area contributed by atoms with Crippen LogP contribution >= 0.6 is 11.3 Å². The molecule has 1 N–H and O–H groups in total. The van der Waals surface area contributed by atoms with Crippen molar-refractivity contribution in [1.29, 1.82) is 0 Å². The molecule has 152 valence electrons. The Morgan fingerprint density at radius 1 is 1.13 bits per heavy atom. The van der Waals surface area contributed by atoms with E-state index in [9.17, 15) is 4.79 Å². The lowest BCUT2D eigenvalue weighted by Gasteiger charge is -2.08. The van der Waals surface area contributed by atoms with E-state index in [2.05, 4.69) is 20.4 Å². The molecule has 1 saturated carbocycles. The van der Waals surface area contributed by atoms with Gasteiger partial charge < -0.3 is 0 Å². The van der Waals surface area contributed by atoms with Gasteiger partial charge in [-0.15, -0.1) is 0 Å². The standard InChI is InChI=1S/C23H18N6OS/c1-13-20-15(22(30)27-23-26-16-6-2-3-7-18(16)31-23)12-17(14-9-10-14)25-21(20)29(28-13)19-8-4-5-11-24-19/h2-8,11-12,14H,9-10H2,1H3,(H,26,27,30). The zero-order chi connectivity index (χ0) is 20.9. The van der Waals surface area contributed by atoms with E-state index in [1.54, 1.807) is 10.9 Å². The molecule has 0 spiro atoms. The minimum absolute atomic E-state index is 0.197. The molecule has 6 rings (SSSR count). The van der Waals surface area contributed by atoms with Crippen molar-refractivity contribution in [3.63, 3.8) is 0 Å². The van der Waals surface area contributed by atoms with Crippen LogP contribution in [0.1, 0.15) is 40.5 Å². The summed E-state index contributed by atoms with van der Waals surface area (Å²) in [6.07, 6.45) is 3.91. The smallest absolute Gasteiger partial charge is 0.258 e. The zero-order valence-electron chi connectivity index (χ0n) is 16.7. The number of nitrogens with zero attached hydrogens (tertiary/aromatic N) is 5. The largest absolute Gasteiger partial charge is 0.298 e. The fraction of sp³-hybridized carbons (Fsp3) is 0.174. The molecule has 0 bridgehead atoms. The van der Waals surface area contributed by atoms with Crippen LogP contribution in [0.15, 0.2) is 54.7 Å². The van der Waals surface area contributed by atoms with Crippen LogP contribution in [0.4, 0.5) is 5.13 Å². The van der Waals surface area contributed by atoms with Gasteiger partial charge >= 0.3 is 0 Å². The number of carbonyl (C=O) groups is 1. The summed E-state index contributed by atoms with van der Waals surface area (Å²) in [6.45, 7) is 1.90. The maximum atomic E-state index is 13.4. The monoisotopic (exact) mass is 426 g/mol. The van der Waals surface area contributed by atoms with Crippen LogP contribution in [0.2, 0.25) is 0 Å². The fourth-order valence-corrected chi connectivity index (χ4v) is 4.67. The van der Waals surface area contributed by atoms with Crippen molar-refractivity contribution in [2.24, 2.45) is 0 Å². The Morgan fingerprint density at radius 2 is 1.97 bits per heavy atom. The van der Waals surface area contributed by atoms with Gasteiger partial charge in [-0.3, -0.25) is 10.1 Å². The molecule has 0 unspecified atom stereocenters. The molecule has 1 amide bonds. The molecule has 7 nitrogen and oxygen atoms in total. The van der Waals surface area contributed by atoms with Gasteiger partial charge in [0.25, 0.3) is 5.91 Å². The highest BCUT2D eigenvalue weighted by molar-refractivity contribution is 7.22. The first-order valence-electron chi connectivity index (χ1n) is 10.2. The van der Waals surface area contributed by atoms with Gasteiger partial charge in [0.2, 0.25) is 0 Å². The SMILES string of the molecule is Cc1nn(-c2ccccn2)c2nc(C3CC3)cc(C(=O)Nc3nc4ccccc4s3)c12. The van der Waals surface area contributed by atoms with Gasteiger partial charge in [-0.1, -0.05) is 29.5 Å². The van der Waals surface area contributed by atoms with Crippen molar-refractivity contribution in [3.8, 4) is 5.82 Å². The summed E-state index contributed by atoms with van der Waals surface area (Å²) in [6, 6.07) is 15.4. The number of para-hydroxylation sites is 1. The average Bonchev–Trinajstić information content (AvgIpc) is 3.48. The van der Waals surface area contributed by atoms with Crippen molar-refractivity contribution < 1.29 is 4.79 Å². The van der Waals surface area contributed by atoms with Gasteiger partial charge in [0.15, 0.2) is 16.6 Å². The third-order valence-electron chi connectivity index (χ3n) is 5.45. The number of anilines is 1. The molecule has 1 fully saturated rings. The van der Waals surface area contributed by atoms with Crippen molar-refractivity contribution in [1.82, 2.24) is 24.7 Å². The summed E-state index contributed by atoms with van der Waals surface area (Å²) >= 11 is 1.47. The number of amides is 1. The summed E-state index contributed by atoms with van der Waals surface area (Å²) in [5, 5.41) is 8.98. The molecule has 4 aromatic heterocycles. The predicted octanol–water partition coefficient (Wildman–Crippen LogP) is 4.86. The number of aromatic nitrogens is 5. The quantitative estimate of drug-likeness (QED) is 0.443. The second kappa shape index (κ2) is 6.95. The van der Waals surface area contributed by atoms with Gasteiger partial charge in [-0.05, 0) is 50.1 Å². The van der Waals surface area contributed by atoms with E-state index in [1.165, 1.54) is 11.3 Å². The molecule has 0 radical (unpaired) electrons. The van der Waals surface area contributed by atoms with E-state index in [4.69, 9.17) is 4.98 Å². The van der Waals surface area contributed by atoms with Crippen LogP contribution in [-0.4, -0.2) is 30.6 Å². The highest BCUT2D eigenvalue weighted by atomic mass is 32.1. The summed E-state index contributed by atoms with van der Waals surface area (Å²) in [5.41, 5.74) is 3.78. The molecular formula is C23H18N6OS. The Bertz CT molecular complexity index is 1420. The van der Waals surface area contributed by atoms with Crippen LogP contribution in [0, 0.1) is 6.92 Å². The first-order chi connectivity index (χ1) is 15.2. The lowest BCUT2D eigenvalue weighted by atomic mass is 10.1. The number of rotatable bonds is 4. The van der Waals surface area contributed by atoms with E-state index >= 15 is 0 Å². The predicted molar refractivity (Wildman–Crippen MR) is 121 cm³/mol. The third-order valence-corrected chi connectivity index (χ3v) is 6.41. The number of nitrogens with one attached hydrogen (secondary N) is 1. The number of thiazole rings is 1. The number of fused-ring (bicyclic) bond motifs is 2. The lowest BCUT2D eigenvalue weighted by molar-refractivity contribution is 0.102. The number of hydrogen-bond donors (Lipinski definition) is 1. The minimum atomic E-state index is -0.197. The third kappa shape index (κ3) is 3.16. The van der Waals surface area contributed by atoms with Crippen molar-refractivity contribution in [3.05, 3.63) is 71.7 Å². The second-order valence-electron chi connectivity index (χ2n) is 7.69. The highest BCUT2D eigenvalue weighted by Gasteiger charge is 2.29. The normalized spacial score (nSPS) is 13.7. The topological polar surface area (TPSA) is 85.6 Å². The van der Waals surface area contributed by atoms with Gasteiger partial charge in [-0.25, -0.2) is 15.0 Å². The van der Waals surface area contributed by atoms with E-state index in [1.807, 2.05) is 55.5 Å². The molecule has 1 aliphatic rings. The Hall–Kier alpha value is -3.65. The summed E-state index contributed by atoms with van der Waals surface area (Å²) < 4.78 is 2.76. The van der Waals surface area contributed by atoms with E-state index in [-0.39, 0.29) is 5.91 Å². The van der Waals surface area contributed by atoms with Gasteiger partial charge in [0, 0.05) is 17.8 Å². The van der Waals surface area contributed by atoms with E-state index in [0.717, 1.165) is 39.8 Å².